The Labute approximate surface area is 167 Å². The topological polar surface area (TPSA) is 28.6 Å². The van der Waals surface area contributed by atoms with Gasteiger partial charge in [-0.05, 0) is 64.8 Å². The number of hydrogen-bond acceptors (Lipinski definition) is 5. The van der Waals surface area contributed by atoms with Crippen LogP contribution in [-0.4, -0.2) is 52.6 Å². The molecule has 3 heterocycles. The van der Waals surface area contributed by atoms with E-state index in [4.69, 9.17) is 4.74 Å². The van der Waals surface area contributed by atoms with Gasteiger partial charge in [0, 0.05) is 24.0 Å². The lowest BCUT2D eigenvalue weighted by atomic mass is 9.79. The summed E-state index contributed by atoms with van der Waals surface area (Å²) in [6, 6.07) is 11.5. The molecule has 0 bridgehead atoms. The lowest BCUT2D eigenvalue weighted by molar-refractivity contribution is -0.0999. The van der Waals surface area contributed by atoms with Crippen molar-refractivity contribution >= 4 is 11.3 Å². The predicted molar refractivity (Wildman–Crippen MR) is 111 cm³/mol. The first kappa shape index (κ1) is 18.9. The molecule has 146 valence electrons. The van der Waals surface area contributed by atoms with Gasteiger partial charge in [-0.3, -0.25) is 9.80 Å². The van der Waals surface area contributed by atoms with Gasteiger partial charge in [0.25, 0.3) is 0 Å². The molecule has 1 aromatic heterocycles. The van der Waals surface area contributed by atoms with Gasteiger partial charge < -0.3 is 4.74 Å². The smallest absolute Gasteiger partial charge is 0.127 e. The molecule has 4 nitrogen and oxygen atoms in total. The number of piperidine rings is 1. The SMILES string of the molecule is Cc1ncsc1CN1CCC([C@H]2[C@@H](Oc3ccccc3)CN2C(C)C)CC1. The van der Waals surface area contributed by atoms with Crippen molar-refractivity contribution in [3.63, 3.8) is 0 Å². The van der Waals surface area contributed by atoms with Crippen LogP contribution in [-0.2, 0) is 6.54 Å². The molecule has 0 N–H and O–H groups in total. The standard InChI is InChI=1S/C22H31N3OS/c1-16(2)25-13-20(26-19-7-5-4-6-8-19)22(25)18-9-11-24(12-10-18)14-21-17(3)23-15-27-21/h4-8,15-16,18,20,22H,9-14H2,1-3H3/t20-,22-/m0/s1. The van der Waals surface area contributed by atoms with Crippen LogP contribution in [0.15, 0.2) is 35.8 Å². The van der Waals surface area contributed by atoms with E-state index in [0.717, 1.165) is 24.8 Å². The van der Waals surface area contributed by atoms with Crippen molar-refractivity contribution in [3.8, 4) is 5.75 Å². The average Bonchev–Trinajstić information content (AvgIpc) is 3.05. The average molecular weight is 386 g/mol. The van der Waals surface area contributed by atoms with E-state index in [1.807, 2.05) is 11.6 Å². The molecule has 0 spiro atoms. The minimum atomic E-state index is 0.329. The van der Waals surface area contributed by atoms with Crippen molar-refractivity contribution < 1.29 is 4.74 Å². The molecule has 2 aliphatic heterocycles. The highest BCUT2D eigenvalue weighted by atomic mass is 32.1. The first-order valence-corrected chi connectivity index (χ1v) is 11.1. The molecule has 1 aromatic carbocycles. The molecule has 0 aliphatic carbocycles. The van der Waals surface area contributed by atoms with E-state index in [0.29, 0.717) is 18.2 Å². The highest BCUT2D eigenvalue weighted by Crippen LogP contribution is 2.36. The lowest BCUT2D eigenvalue weighted by Gasteiger charge is -2.54. The third-order valence-corrected chi connectivity index (χ3v) is 7.10. The van der Waals surface area contributed by atoms with Gasteiger partial charge in [-0.2, -0.15) is 0 Å². The van der Waals surface area contributed by atoms with Crippen molar-refractivity contribution in [3.05, 3.63) is 46.4 Å². The Balaban J connectivity index is 1.36. The van der Waals surface area contributed by atoms with Gasteiger partial charge in [0.05, 0.1) is 17.2 Å². The molecule has 5 heteroatoms. The number of nitrogens with zero attached hydrogens (tertiary/aromatic N) is 3. The molecular formula is C22H31N3OS. The van der Waals surface area contributed by atoms with Gasteiger partial charge in [0.15, 0.2) is 0 Å². The third-order valence-electron chi connectivity index (χ3n) is 6.18. The van der Waals surface area contributed by atoms with E-state index in [1.54, 1.807) is 11.3 Å². The molecule has 0 radical (unpaired) electrons. The number of para-hydroxylation sites is 1. The number of aromatic nitrogens is 1. The molecule has 0 amide bonds. The van der Waals surface area contributed by atoms with Gasteiger partial charge in [0.1, 0.15) is 11.9 Å². The quantitative estimate of drug-likeness (QED) is 0.745. The minimum Gasteiger partial charge on any atom is -0.487 e. The molecule has 0 saturated carbocycles. The fraction of sp³-hybridized carbons (Fsp3) is 0.591. The highest BCUT2D eigenvalue weighted by Gasteiger charge is 2.46. The number of rotatable bonds is 6. The first-order valence-electron chi connectivity index (χ1n) is 10.2. The minimum absolute atomic E-state index is 0.329. The maximum absolute atomic E-state index is 6.36. The molecule has 2 aliphatic rings. The van der Waals surface area contributed by atoms with Crippen molar-refractivity contribution in [2.75, 3.05) is 19.6 Å². The van der Waals surface area contributed by atoms with Gasteiger partial charge in [-0.1, -0.05) is 18.2 Å². The summed E-state index contributed by atoms with van der Waals surface area (Å²) in [5, 5.41) is 0. The van der Waals surface area contributed by atoms with E-state index in [9.17, 15) is 0 Å². The highest BCUT2D eigenvalue weighted by molar-refractivity contribution is 7.09. The third kappa shape index (κ3) is 4.20. The fourth-order valence-corrected chi connectivity index (χ4v) is 5.38. The normalized spacial score (nSPS) is 24.9. The Kier molecular flexibility index (Phi) is 5.81. The largest absolute Gasteiger partial charge is 0.487 e. The summed E-state index contributed by atoms with van der Waals surface area (Å²) in [7, 11) is 0. The van der Waals surface area contributed by atoms with Gasteiger partial charge >= 0.3 is 0 Å². The van der Waals surface area contributed by atoms with E-state index < -0.39 is 0 Å². The number of aryl methyl sites for hydroxylation is 1. The van der Waals surface area contributed by atoms with Crippen LogP contribution in [0.4, 0.5) is 0 Å². The van der Waals surface area contributed by atoms with Crippen molar-refractivity contribution in [2.45, 2.75) is 58.3 Å². The molecule has 4 rings (SSSR count). The zero-order valence-electron chi connectivity index (χ0n) is 16.7. The number of ether oxygens (including phenoxy) is 1. The van der Waals surface area contributed by atoms with Crippen LogP contribution in [0.3, 0.4) is 0 Å². The van der Waals surface area contributed by atoms with Crippen LogP contribution in [0.5, 0.6) is 5.75 Å². The van der Waals surface area contributed by atoms with Gasteiger partial charge in [0.2, 0.25) is 0 Å². The number of hydrogen-bond donors (Lipinski definition) is 0. The summed E-state index contributed by atoms with van der Waals surface area (Å²) in [5.74, 6) is 1.74. The van der Waals surface area contributed by atoms with E-state index in [-0.39, 0.29) is 0 Å². The molecule has 2 aromatic rings. The van der Waals surface area contributed by atoms with Crippen LogP contribution in [0.25, 0.3) is 0 Å². The maximum Gasteiger partial charge on any atom is 0.127 e. The van der Waals surface area contributed by atoms with E-state index in [1.165, 1.54) is 36.5 Å². The molecule has 2 atom stereocenters. The molecule has 2 saturated heterocycles. The fourth-order valence-electron chi connectivity index (χ4n) is 4.56. The number of benzene rings is 1. The molecule has 0 unspecified atom stereocenters. The Morgan fingerprint density at radius 3 is 2.56 bits per heavy atom. The molecular weight excluding hydrogens is 354 g/mol. The van der Waals surface area contributed by atoms with Crippen molar-refractivity contribution in [1.82, 2.24) is 14.8 Å². The second kappa shape index (κ2) is 8.29. The number of thiazole rings is 1. The zero-order chi connectivity index (χ0) is 18.8. The van der Waals surface area contributed by atoms with Gasteiger partial charge in [-0.15, -0.1) is 11.3 Å². The Bertz CT molecular complexity index is 724. The molecule has 27 heavy (non-hydrogen) atoms. The summed E-state index contributed by atoms with van der Waals surface area (Å²) in [6.07, 6.45) is 2.86. The summed E-state index contributed by atoms with van der Waals surface area (Å²) < 4.78 is 6.36. The van der Waals surface area contributed by atoms with E-state index >= 15 is 0 Å². The van der Waals surface area contributed by atoms with Crippen LogP contribution in [0.2, 0.25) is 0 Å². The van der Waals surface area contributed by atoms with E-state index in [2.05, 4.69) is 59.8 Å². The predicted octanol–water partition coefficient (Wildman–Crippen LogP) is 4.20. The maximum atomic E-state index is 6.36. The Hall–Kier alpha value is -1.43. The molecule has 2 fully saturated rings. The lowest BCUT2D eigenvalue weighted by Crippen LogP contribution is -2.68. The van der Waals surface area contributed by atoms with Crippen LogP contribution in [0.1, 0.15) is 37.3 Å². The Morgan fingerprint density at radius 2 is 1.93 bits per heavy atom. The second-order valence-electron chi connectivity index (χ2n) is 8.23. The van der Waals surface area contributed by atoms with Crippen LogP contribution >= 0.6 is 11.3 Å². The Morgan fingerprint density at radius 1 is 1.19 bits per heavy atom. The monoisotopic (exact) mass is 385 g/mol. The number of likely N-dealkylation sites (tertiary alicyclic amines) is 2. The summed E-state index contributed by atoms with van der Waals surface area (Å²) >= 11 is 1.79. The summed E-state index contributed by atoms with van der Waals surface area (Å²) in [6.45, 7) is 11.2. The van der Waals surface area contributed by atoms with Crippen LogP contribution in [0, 0.1) is 12.8 Å². The van der Waals surface area contributed by atoms with Crippen molar-refractivity contribution in [1.29, 1.82) is 0 Å². The summed E-state index contributed by atoms with van der Waals surface area (Å²) in [4.78, 5) is 11.1. The van der Waals surface area contributed by atoms with Crippen molar-refractivity contribution in [2.24, 2.45) is 5.92 Å². The zero-order valence-corrected chi connectivity index (χ0v) is 17.5. The second-order valence-corrected chi connectivity index (χ2v) is 9.16. The van der Waals surface area contributed by atoms with Gasteiger partial charge in [-0.25, -0.2) is 4.98 Å². The summed E-state index contributed by atoms with van der Waals surface area (Å²) in [5.41, 5.74) is 3.17. The van der Waals surface area contributed by atoms with Crippen LogP contribution < -0.4 is 4.74 Å². The first-order chi connectivity index (χ1) is 13.1.